The van der Waals surface area contributed by atoms with Gasteiger partial charge in [0.2, 0.25) is 17.7 Å². The van der Waals surface area contributed by atoms with E-state index in [1.807, 2.05) is 71.9 Å². The minimum Gasteiger partial charge on any atom is -0.347 e. The Morgan fingerprint density at radius 3 is 2.03 bits per heavy atom. The van der Waals surface area contributed by atoms with Gasteiger partial charge in [0.25, 0.3) is 0 Å². The highest BCUT2D eigenvalue weighted by molar-refractivity contribution is 7.44. The molecule has 1 aliphatic rings. The first kappa shape index (κ1) is 36.4. The average Bonchev–Trinajstić information content (AvgIpc) is 3.46. The molecule has 1 aromatic carbocycles. The van der Waals surface area contributed by atoms with E-state index in [0.717, 1.165) is 24.9 Å². The van der Waals surface area contributed by atoms with Crippen LogP contribution in [0.2, 0.25) is 0 Å². The van der Waals surface area contributed by atoms with Crippen molar-refractivity contribution in [3.8, 4) is 0 Å². The van der Waals surface area contributed by atoms with Crippen LogP contribution in [0.3, 0.4) is 0 Å². The molecule has 1 aliphatic heterocycles. The molecule has 1 heterocycles. The molecule has 2 rings (SSSR count). The molecule has 3 atom stereocenters. The van der Waals surface area contributed by atoms with Crippen molar-refractivity contribution in [1.29, 1.82) is 0 Å². The molecule has 1 fully saturated rings. The zero-order chi connectivity index (χ0) is 28.8. The highest BCUT2D eigenvalue weighted by atomic mass is 32.1. The summed E-state index contributed by atoms with van der Waals surface area (Å²) in [5.41, 5.74) is 0.880. The molecule has 37 heavy (non-hydrogen) atoms. The molecular formula is C27H46N4O5S. The van der Waals surface area contributed by atoms with Crippen molar-refractivity contribution in [3.05, 3.63) is 35.9 Å². The van der Waals surface area contributed by atoms with Crippen LogP contribution in [0, 0.1) is 5.92 Å². The summed E-state index contributed by atoms with van der Waals surface area (Å²) in [5.74, 6) is -1.03. The minimum atomic E-state index is -0.856. The Labute approximate surface area is 227 Å². The Balaban J connectivity index is 0. The molecule has 0 bridgehead atoms. The molecule has 1 saturated heterocycles. The van der Waals surface area contributed by atoms with Crippen LogP contribution >= 0.6 is 0 Å². The minimum absolute atomic E-state index is 0.0977. The van der Waals surface area contributed by atoms with Crippen molar-refractivity contribution in [2.75, 3.05) is 13.1 Å². The van der Waals surface area contributed by atoms with E-state index in [1.54, 1.807) is 0 Å². The van der Waals surface area contributed by atoms with Gasteiger partial charge < -0.3 is 21.3 Å². The van der Waals surface area contributed by atoms with Crippen LogP contribution < -0.4 is 21.3 Å². The van der Waals surface area contributed by atoms with E-state index < -0.39 is 23.9 Å². The summed E-state index contributed by atoms with van der Waals surface area (Å²) in [4.78, 5) is 49.6. The summed E-state index contributed by atoms with van der Waals surface area (Å²) in [5, 5.41) is 11.3. The number of carbonyl (C=O) groups excluding carboxylic acids is 4. The number of hydrogen-bond acceptors (Lipinski definition) is 7. The molecule has 210 valence electrons. The molecular weight excluding hydrogens is 492 g/mol. The zero-order valence-corrected chi connectivity index (χ0v) is 24.2. The quantitative estimate of drug-likeness (QED) is 0.340. The Morgan fingerprint density at radius 2 is 1.54 bits per heavy atom. The number of ketones is 1. The van der Waals surface area contributed by atoms with E-state index in [1.165, 1.54) is 6.92 Å². The van der Waals surface area contributed by atoms with Crippen LogP contribution in [-0.2, 0) is 38.1 Å². The van der Waals surface area contributed by atoms with Crippen LogP contribution in [0.5, 0.6) is 0 Å². The summed E-state index contributed by atoms with van der Waals surface area (Å²) < 4.78 is 7.83. The fourth-order valence-corrected chi connectivity index (χ4v) is 3.55. The number of carbonyl (C=O) groups is 4. The normalized spacial score (nSPS) is 15.2. The molecule has 3 unspecified atom stereocenters. The number of Topliss-reactive ketones (excluding diaryl/α,β-unsaturated/α-hetero) is 1. The third-order valence-electron chi connectivity index (χ3n) is 5.14. The summed E-state index contributed by atoms with van der Waals surface area (Å²) >= 11 is 2.83. The largest absolute Gasteiger partial charge is 0.347 e. The summed E-state index contributed by atoms with van der Waals surface area (Å²) in [6, 6.07) is 7.45. The van der Waals surface area contributed by atoms with Gasteiger partial charge in [0, 0.05) is 6.42 Å². The number of rotatable bonds is 11. The van der Waals surface area contributed by atoms with Crippen LogP contribution in [0.1, 0.15) is 73.3 Å². The van der Waals surface area contributed by atoms with Crippen LogP contribution in [0.4, 0.5) is 0 Å². The molecule has 0 spiro atoms. The summed E-state index contributed by atoms with van der Waals surface area (Å²) in [7, 11) is 0. The molecule has 0 radical (unpaired) electrons. The number of amides is 3. The molecule has 3 amide bonds. The smallest absolute Gasteiger partial charge is 0.243 e. The predicted molar refractivity (Wildman–Crippen MR) is 149 cm³/mol. The van der Waals surface area contributed by atoms with Gasteiger partial charge in [-0.25, -0.2) is 0 Å². The van der Waals surface area contributed by atoms with Crippen molar-refractivity contribution >= 4 is 36.0 Å². The second-order valence-corrected chi connectivity index (χ2v) is 8.51. The maximum absolute atomic E-state index is 13.1. The summed E-state index contributed by atoms with van der Waals surface area (Å²) in [6.07, 6.45) is 2.40. The summed E-state index contributed by atoms with van der Waals surface area (Å²) in [6.45, 7) is 14.0. The third kappa shape index (κ3) is 15.9. The van der Waals surface area contributed by atoms with Crippen molar-refractivity contribution < 1.29 is 23.4 Å². The fraction of sp³-hybridized carbons (Fsp3) is 0.630. The fourth-order valence-electron chi connectivity index (χ4n) is 3.55. The lowest BCUT2D eigenvalue weighted by molar-refractivity contribution is -0.133. The van der Waals surface area contributed by atoms with Crippen LogP contribution in [0.25, 0.3) is 0 Å². The van der Waals surface area contributed by atoms with Crippen LogP contribution in [0.15, 0.2) is 30.3 Å². The van der Waals surface area contributed by atoms with Gasteiger partial charge in [-0.3, -0.25) is 19.2 Å². The second-order valence-electron chi connectivity index (χ2n) is 8.51. The molecule has 9 nitrogen and oxygen atoms in total. The second kappa shape index (κ2) is 22.5. The maximum Gasteiger partial charge on any atom is 0.243 e. The van der Waals surface area contributed by atoms with Crippen molar-refractivity contribution in [3.63, 3.8) is 0 Å². The first-order chi connectivity index (χ1) is 17.8. The highest BCUT2D eigenvalue weighted by Crippen LogP contribution is 2.10. The van der Waals surface area contributed by atoms with E-state index in [9.17, 15) is 19.2 Å². The number of hydrogen-bond donors (Lipinski definition) is 4. The van der Waals surface area contributed by atoms with Gasteiger partial charge in [-0.15, -0.1) is 0 Å². The van der Waals surface area contributed by atoms with E-state index in [-0.39, 0.29) is 36.6 Å². The number of benzene rings is 1. The monoisotopic (exact) mass is 538 g/mol. The van der Waals surface area contributed by atoms with E-state index in [0.29, 0.717) is 6.42 Å². The lowest BCUT2D eigenvalue weighted by atomic mass is 10.0. The van der Waals surface area contributed by atoms with Gasteiger partial charge in [-0.2, -0.15) is 4.21 Å². The molecule has 1 aromatic rings. The van der Waals surface area contributed by atoms with Gasteiger partial charge in [0.05, 0.1) is 12.6 Å². The lowest BCUT2D eigenvalue weighted by Crippen LogP contribution is -2.56. The highest BCUT2D eigenvalue weighted by Gasteiger charge is 2.30. The SMILES string of the molecule is CC.CC.CC(=O)CNC(=O)C(Cc1ccccc1)NC(=O)C(CC(C)C)NC(=O)C1CCCN1.O=S. The predicted octanol–water partition coefficient (Wildman–Crippen LogP) is 2.42. The Hall–Kier alpha value is -2.72. The first-order valence-electron chi connectivity index (χ1n) is 13.1. The molecule has 4 N–H and O–H groups in total. The third-order valence-corrected chi connectivity index (χ3v) is 5.14. The van der Waals surface area contributed by atoms with E-state index in [2.05, 4.69) is 33.8 Å². The van der Waals surface area contributed by atoms with Gasteiger partial charge in [0.15, 0.2) is 12.5 Å². The maximum atomic E-state index is 13.1. The lowest BCUT2D eigenvalue weighted by Gasteiger charge is -2.25. The molecule has 0 aliphatic carbocycles. The van der Waals surface area contributed by atoms with Gasteiger partial charge in [-0.1, -0.05) is 71.9 Å². The average molecular weight is 539 g/mol. The standard InChI is InChI=1S/C23H34N4O4.2C2H6.OS/c1-15(2)12-19(26-22(30)18-10-7-11-24-18)23(31)27-20(21(29)25-14-16(3)28)13-17-8-5-4-6-9-17;3*1-2/h4-6,8-9,15,18-20,24H,7,10-14H2,1-3H3,(H,25,29)(H,26,30)(H,27,31);2*1-2H3;. The Morgan fingerprint density at radius 1 is 0.946 bits per heavy atom. The molecule has 0 saturated carbocycles. The van der Waals surface area contributed by atoms with E-state index in [4.69, 9.17) is 4.21 Å². The molecule has 0 aromatic heterocycles. The topological polar surface area (TPSA) is 133 Å². The van der Waals surface area contributed by atoms with Crippen molar-refractivity contribution in [2.24, 2.45) is 5.92 Å². The molecule has 10 heteroatoms. The zero-order valence-electron chi connectivity index (χ0n) is 23.4. The van der Waals surface area contributed by atoms with Crippen molar-refractivity contribution in [2.45, 2.75) is 92.3 Å². The first-order valence-corrected chi connectivity index (χ1v) is 13.4. The van der Waals surface area contributed by atoms with E-state index >= 15 is 0 Å². The number of nitrogens with one attached hydrogen (secondary N) is 4. The van der Waals surface area contributed by atoms with Gasteiger partial charge in [0.1, 0.15) is 17.9 Å². The van der Waals surface area contributed by atoms with Gasteiger partial charge >= 0.3 is 0 Å². The van der Waals surface area contributed by atoms with Crippen molar-refractivity contribution in [1.82, 2.24) is 21.3 Å². The Kier molecular flexibility index (Phi) is 22.1. The Bertz CT molecular complexity index is 786. The van der Waals surface area contributed by atoms with Crippen LogP contribution in [-0.4, -0.2) is 58.9 Å². The van der Waals surface area contributed by atoms with Gasteiger partial charge in [-0.05, 0) is 44.2 Å².